The number of hydrogen-bond acceptors (Lipinski definition) is 4. The van der Waals surface area contributed by atoms with Crippen LogP contribution in [0.2, 0.25) is 0 Å². The minimum Gasteiger partial charge on any atom is -0.476 e. The monoisotopic (exact) mass is 421 g/mol. The van der Waals surface area contributed by atoms with E-state index in [9.17, 15) is 14.4 Å². The van der Waals surface area contributed by atoms with Crippen LogP contribution in [0.1, 0.15) is 49.9 Å². The number of carbonyl (C=O) groups excluding carboxylic acids is 3. The fourth-order valence-corrected chi connectivity index (χ4v) is 4.07. The largest absolute Gasteiger partial charge is 0.476 e. The van der Waals surface area contributed by atoms with Crippen molar-refractivity contribution in [1.29, 1.82) is 0 Å². The van der Waals surface area contributed by atoms with Crippen LogP contribution in [0.4, 0.5) is 11.4 Å². The Labute approximate surface area is 181 Å². The molecular weight excluding hydrogens is 394 g/mol. The van der Waals surface area contributed by atoms with E-state index in [-0.39, 0.29) is 30.3 Å². The third-order valence-corrected chi connectivity index (χ3v) is 5.69. The van der Waals surface area contributed by atoms with E-state index in [0.717, 1.165) is 25.7 Å². The molecule has 0 unspecified atom stereocenters. The summed E-state index contributed by atoms with van der Waals surface area (Å²) in [5, 5.41) is 5.86. The predicted octanol–water partition coefficient (Wildman–Crippen LogP) is 3.50. The maximum Gasteiger partial charge on any atom is 0.271 e. The van der Waals surface area contributed by atoms with E-state index in [0.29, 0.717) is 22.7 Å². The lowest BCUT2D eigenvalue weighted by Crippen LogP contribution is -2.54. The second-order valence-corrected chi connectivity index (χ2v) is 8.56. The number of benzene rings is 2. The van der Waals surface area contributed by atoms with Crippen molar-refractivity contribution in [2.24, 2.45) is 0 Å². The molecule has 2 aromatic carbocycles. The van der Waals surface area contributed by atoms with E-state index in [4.69, 9.17) is 4.74 Å². The Hall–Kier alpha value is -3.35. The molecule has 1 saturated carbocycles. The first-order valence-corrected chi connectivity index (χ1v) is 10.6. The lowest BCUT2D eigenvalue weighted by molar-refractivity contribution is -0.133. The topological polar surface area (TPSA) is 87.7 Å². The molecule has 1 heterocycles. The van der Waals surface area contributed by atoms with Crippen LogP contribution in [0.3, 0.4) is 0 Å². The first-order valence-electron chi connectivity index (χ1n) is 10.6. The van der Waals surface area contributed by atoms with Gasteiger partial charge in [-0.2, -0.15) is 0 Å². The first kappa shape index (κ1) is 20.9. The van der Waals surface area contributed by atoms with Gasteiger partial charge in [0.15, 0.2) is 5.60 Å². The van der Waals surface area contributed by atoms with Crippen LogP contribution < -0.4 is 20.3 Å². The average Bonchev–Trinajstić information content (AvgIpc) is 3.24. The average molecular weight is 421 g/mol. The summed E-state index contributed by atoms with van der Waals surface area (Å²) in [7, 11) is 0. The lowest BCUT2D eigenvalue weighted by Gasteiger charge is -2.38. The molecule has 3 amide bonds. The number of nitrogens with zero attached hydrogens (tertiary/aromatic N) is 1. The van der Waals surface area contributed by atoms with Gasteiger partial charge in [-0.25, -0.2) is 0 Å². The van der Waals surface area contributed by atoms with Crippen LogP contribution in [0.25, 0.3) is 0 Å². The molecule has 0 atom stereocenters. The maximum atomic E-state index is 13.1. The van der Waals surface area contributed by atoms with Gasteiger partial charge in [0.2, 0.25) is 5.91 Å². The Kier molecular flexibility index (Phi) is 5.67. The van der Waals surface area contributed by atoms with Crippen LogP contribution in [0, 0.1) is 0 Å². The van der Waals surface area contributed by atoms with Gasteiger partial charge in [0.05, 0.1) is 5.69 Å². The van der Waals surface area contributed by atoms with Gasteiger partial charge in [-0.3, -0.25) is 19.3 Å². The highest BCUT2D eigenvalue weighted by atomic mass is 16.5. The molecule has 0 bridgehead atoms. The third-order valence-electron chi connectivity index (χ3n) is 5.69. The van der Waals surface area contributed by atoms with Gasteiger partial charge < -0.3 is 15.4 Å². The smallest absolute Gasteiger partial charge is 0.271 e. The molecule has 2 N–H and O–H groups in total. The fraction of sp³-hybridized carbons (Fsp3) is 0.375. The van der Waals surface area contributed by atoms with E-state index >= 15 is 0 Å². The number of carbonyl (C=O) groups is 3. The molecule has 7 heteroatoms. The summed E-state index contributed by atoms with van der Waals surface area (Å²) in [6.45, 7) is 3.16. The summed E-state index contributed by atoms with van der Waals surface area (Å²) in [6.07, 6.45) is 4.21. The van der Waals surface area contributed by atoms with Crippen molar-refractivity contribution in [2.75, 3.05) is 16.8 Å². The van der Waals surface area contributed by atoms with E-state index < -0.39 is 5.60 Å². The summed E-state index contributed by atoms with van der Waals surface area (Å²) in [6, 6.07) is 14.3. The summed E-state index contributed by atoms with van der Waals surface area (Å²) < 4.78 is 5.88. The van der Waals surface area contributed by atoms with Crippen molar-refractivity contribution in [3.63, 3.8) is 0 Å². The molecule has 31 heavy (non-hydrogen) atoms. The number of amides is 3. The molecule has 0 saturated heterocycles. The number of anilines is 2. The molecule has 0 radical (unpaired) electrons. The Morgan fingerprint density at radius 1 is 1.10 bits per heavy atom. The van der Waals surface area contributed by atoms with Gasteiger partial charge in [-0.05, 0) is 57.0 Å². The van der Waals surface area contributed by atoms with Gasteiger partial charge in [0.1, 0.15) is 12.3 Å². The highest BCUT2D eigenvalue weighted by Crippen LogP contribution is 2.38. The van der Waals surface area contributed by atoms with Crippen LogP contribution in [-0.4, -0.2) is 35.9 Å². The van der Waals surface area contributed by atoms with Gasteiger partial charge in [-0.1, -0.05) is 31.0 Å². The third kappa shape index (κ3) is 4.55. The molecule has 1 aliphatic heterocycles. The van der Waals surface area contributed by atoms with E-state index in [2.05, 4.69) is 10.6 Å². The van der Waals surface area contributed by atoms with E-state index in [1.807, 2.05) is 18.2 Å². The molecular formula is C24H27N3O4. The standard InChI is InChI=1S/C24H27N3O4/c1-24(2)23(30)27(15-21(28)25-17-8-4-3-5-9-17)19-14-16(12-13-20(19)31-24)22(29)26-18-10-6-7-11-18/h3-5,8-9,12-14,18H,6-7,10-11,15H2,1-2H3,(H,25,28)(H,26,29). The molecule has 2 aliphatic rings. The Morgan fingerprint density at radius 3 is 2.52 bits per heavy atom. The molecule has 2 aromatic rings. The van der Waals surface area contributed by atoms with Gasteiger partial charge in [0.25, 0.3) is 11.8 Å². The molecule has 4 rings (SSSR count). The normalized spacial score (nSPS) is 17.6. The zero-order chi connectivity index (χ0) is 22.0. The summed E-state index contributed by atoms with van der Waals surface area (Å²) in [5.41, 5.74) is 0.396. The number of ether oxygens (including phenoxy) is 1. The van der Waals surface area contributed by atoms with Crippen LogP contribution in [0.5, 0.6) is 5.75 Å². The van der Waals surface area contributed by atoms with Gasteiger partial charge in [-0.15, -0.1) is 0 Å². The van der Waals surface area contributed by atoms with Crippen molar-refractivity contribution >= 4 is 29.1 Å². The number of hydrogen-bond donors (Lipinski definition) is 2. The molecule has 7 nitrogen and oxygen atoms in total. The van der Waals surface area contributed by atoms with Crippen LogP contribution in [-0.2, 0) is 9.59 Å². The molecule has 0 spiro atoms. The Morgan fingerprint density at radius 2 is 1.81 bits per heavy atom. The molecule has 0 aromatic heterocycles. The number of para-hydroxylation sites is 1. The second kappa shape index (κ2) is 8.41. The fourth-order valence-electron chi connectivity index (χ4n) is 4.07. The van der Waals surface area contributed by atoms with Crippen molar-refractivity contribution in [2.45, 2.75) is 51.2 Å². The van der Waals surface area contributed by atoms with Gasteiger partial charge in [0, 0.05) is 17.3 Å². The Balaban J connectivity index is 1.58. The number of fused-ring (bicyclic) bond motifs is 1. The van der Waals surface area contributed by atoms with Crippen molar-refractivity contribution in [1.82, 2.24) is 5.32 Å². The highest BCUT2D eigenvalue weighted by Gasteiger charge is 2.42. The minimum atomic E-state index is -1.12. The van der Waals surface area contributed by atoms with Crippen molar-refractivity contribution in [3.05, 3.63) is 54.1 Å². The van der Waals surface area contributed by atoms with Crippen LogP contribution >= 0.6 is 0 Å². The Bertz CT molecular complexity index is 997. The number of nitrogens with one attached hydrogen (secondary N) is 2. The predicted molar refractivity (Wildman–Crippen MR) is 118 cm³/mol. The molecule has 1 aliphatic carbocycles. The lowest BCUT2D eigenvalue weighted by atomic mass is 10.0. The SMILES string of the molecule is CC1(C)Oc2ccc(C(=O)NC3CCCC3)cc2N(CC(=O)Nc2ccccc2)C1=O. The summed E-state index contributed by atoms with van der Waals surface area (Å²) in [5.74, 6) is -0.379. The zero-order valence-corrected chi connectivity index (χ0v) is 17.8. The minimum absolute atomic E-state index is 0.179. The maximum absolute atomic E-state index is 13.1. The summed E-state index contributed by atoms with van der Waals surface area (Å²) >= 11 is 0. The van der Waals surface area contributed by atoms with Crippen molar-refractivity contribution in [3.8, 4) is 5.75 Å². The highest BCUT2D eigenvalue weighted by molar-refractivity contribution is 6.08. The quantitative estimate of drug-likeness (QED) is 0.774. The van der Waals surface area contributed by atoms with Crippen LogP contribution in [0.15, 0.2) is 48.5 Å². The van der Waals surface area contributed by atoms with E-state index in [1.165, 1.54) is 4.90 Å². The first-order chi connectivity index (χ1) is 14.8. The van der Waals surface area contributed by atoms with E-state index in [1.54, 1.807) is 44.2 Å². The summed E-state index contributed by atoms with van der Waals surface area (Å²) in [4.78, 5) is 39.9. The van der Waals surface area contributed by atoms with Crippen molar-refractivity contribution < 1.29 is 19.1 Å². The number of rotatable bonds is 5. The zero-order valence-electron chi connectivity index (χ0n) is 17.8. The molecule has 162 valence electrons. The molecule has 1 fully saturated rings. The second-order valence-electron chi connectivity index (χ2n) is 8.56. The van der Waals surface area contributed by atoms with Gasteiger partial charge >= 0.3 is 0 Å².